The molecule has 0 bridgehead atoms. The van der Waals surface area contributed by atoms with Crippen LogP contribution in [0.15, 0.2) is 42.5 Å². The van der Waals surface area contributed by atoms with E-state index >= 15 is 0 Å². The van der Waals surface area contributed by atoms with Crippen molar-refractivity contribution < 1.29 is 14.9 Å². The number of nitrogens with one attached hydrogen (secondary N) is 1. The zero-order valence-electron chi connectivity index (χ0n) is 12.0. The average molecular weight is 296 g/mol. The summed E-state index contributed by atoms with van der Waals surface area (Å²) < 4.78 is 6.03. The Balaban J connectivity index is 1.88. The molecule has 4 rings (SSSR count). The Hall–Kier alpha value is -2.37. The Bertz CT molecular complexity index is 829. The molecule has 2 aromatic carbocycles. The van der Waals surface area contributed by atoms with Crippen molar-refractivity contribution in [3.05, 3.63) is 59.4 Å². The van der Waals surface area contributed by atoms with Crippen molar-refractivity contribution in [2.75, 3.05) is 0 Å². The minimum atomic E-state index is -1.02. The minimum absolute atomic E-state index is 0.536. The quantitative estimate of drug-likeness (QED) is 0.644. The second-order valence-electron chi connectivity index (χ2n) is 5.59. The van der Waals surface area contributed by atoms with Crippen LogP contribution >= 0.6 is 0 Å². The fourth-order valence-electron chi connectivity index (χ4n) is 3.00. The van der Waals surface area contributed by atoms with Gasteiger partial charge in [0.15, 0.2) is 11.9 Å². The number of aliphatic hydroxyl groups is 2. The number of nitrogens with zero attached hydrogens (tertiary/aromatic N) is 1. The fraction of sp³-hybridized carbons (Fsp3) is 0.235. The number of rotatable bonds is 1. The van der Waals surface area contributed by atoms with Crippen LogP contribution in [0.25, 0.3) is 11.0 Å². The van der Waals surface area contributed by atoms with E-state index in [0.717, 1.165) is 16.9 Å². The predicted molar refractivity (Wildman–Crippen MR) is 81.6 cm³/mol. The van der Waals surface area contributed by atoms with E-state index < -0.39 is 18.3 Å². The van der Waals surface area contributed by atoms with Gasteiger partial charge >= 0.3 is 0 Å². The van der Waals surface area contributed by atoms with Gasteiger partial charge in [-0.1, -0.05) is 36.4 Å². The number of fused-ring (bicyclic) bond motifs is 3. The smallest absolute Gasteiger partial charge is 0.154 e. The lowest BCUT2D eigenvalue weighted by atomic mass is 9.92. The highest BCUT2D eigenvalue weighted by molar-refractivity contribution is 5.84. The van der Waals surface area contributed by atoms with Gasteiger partial charge in [0, 0.05) is 5.56 Å². The molecule has 1 aromatic heterocycles. The number of aryl methyl sites for hydroxylation is 1. The van der Waals surface area contributed by atoms with Gasteiger partial charge in [0.25, 0.3) is 0 Å². The van der Waals surface area contributed by atoms with Crippen molar-refractivity contribution in [2.24, 2.45) is 0 Å². The van der Waals surface area contributed by atoms with Gasteiger partial charge in [-0.25, -0.2) is 4.98 Å². The predicted octanol–water partition coefficient (Wildman–Crippen LogP) is 2.40. The van der Waals surface area contributed by atoms with E-state index in [1.807, 2.05) is 43.3 Å². The van der Waals surface area contributed by atoms with Gasteiger partial charge in [0.05, 0.1) is 5.52 Å². The molecule has 3 N–H and O–H groups in total. The first-order valence-electron chi connectivity index (χ1n) is 7.22. The van der Waals surface area contributed by atoms with Crippen molar-refractivity contribution >= 4 is 11.0 Å². The van der Waals surface area contributed by atoms with Crippen molar-refractivity contribution in [3.63, 3.8) is 0 Å². The second-order valence-corrected chi connectivity index (χ2v) is 5.59. The number of aliphatic hydroxyl groups excluding tert-OH is 2. The zero-order chi connectivity index (χ0) is 15.3. The first kappa shape index (κ1) is 13.3. The summed E-state index contributed by atoms with van der Waals surface area (Å²) in [5, 5.41) is 20.9. The number of imidazole rings is 1. The third-order valence-corrected chi connectivity index (χ3v) is 4.08. The van der Waals surface area contributed by atoms with Crippen LogP contribution in [0.4, 0.5) is 0 Å². The second kappa shape index (κ2) is 4.83. The summed E-state index contributed by atoms with van der Waals surface area (Å²) in [6, 6.07) is 13.0. The Morgan fingerprint density at radius 2 is 1.86 bits per heavy atom. The lowest BCUT2D eigenvalue weighted by Gasteiger charge is -2.34. The minimum Gasteiger partial charge on any atom is -0.480 e. The molecule has 0 saturated heterocycles. The third kappa shape index (κ3) is 1.90. The van der Waals surface area contributed by atoms with Gasteiger partial charge in [-0.05, 0) is 18.6 Å². The molecule has 2 heterocycles. The van der Waals surface area contributed by atoms with Gasteiger partial charge in [-0.3, -0.25) is 0 Å². The summed E-state index contributed by atoms with van der Waals surface area (Å²) in [5.74, 6) is 1.32. The molecule has 0 spiro atoms. The highest BCUT2D eigenvalue weighted by Gasteiger charge is 2.38. The van der Waals surface area contributed by atoms with Crippen LogP contribution in [0.1, 0.15) is 29.2 Å². The Kier molecular flexibility index (Phi) is 2.92. The van der Waals surface area contributed by atoms with Crippen molar-refractivity contribution in [1.29, 1.82) is 0 Å². The molecule has 0 radical (unpaired) electrons. The SMILES string of the molecule is Cc1nc2c3c(ccc2[nH]1)[C@@H](O)[C@H](O)[C@@H](c1ccccc1)O3. The van der Waals surface area contributed by atoms with Crippen molar-refractivity contribution in [1.82, 2.24) is 9.97 Å². The fourth-order valence-corrected chi connectivity index (χ4v) is 3.00. The van der Waals surface area contributed by atoms with Gasteiger partial charge in [-0.15, -0.1) is 0 Å². The molecule has 1 aliphatic rings. The van der Waals surface area contributed by atoms with E-state index in [0.29, 0.717) is 16.8 Å². The molecular weight excluding hydrogens is 280 g/mol. The first-order valence-corrected chi connectivity index (χ1v) is 7.22. The molecule has 0 unspecified atom stereocenters. The lowest BCUT2D eigenvalue weighted by molar-refractivity contribution is -0.0692. The summed E-state index contributed by atoms with van der Waals surface area (Å²) >= 11 is 0. The van der Waals surface area contributed by atoms with Crippen molar-refractivity contribution in [3.8, 4) is 5.75 Å². The third-order valence-electron chi connectivity index (χ3n) is 4.08. The topological polar surface area (TPSA) is 78.4 Å². The molecule has 0 aliphatic carbocycles. The van der Waals surface area contributed by atoms with Crippen LogP contribution < -0.4 is 4.74 Å². The maximum atomic E-state index is 10.5. The van der Waals surface area contributed by atoms with Crippen LogP contribution in [0.5, 0.6) is 5.75 Å². The zero-order valence-corrected chi connectivity index (χ0v) is 12.0. The van der Waals surface area contributed by atoms with E-state index in [2.05, 4.69) is 9.97 Å². The van der Waals surface area contributed by atoms with Crippen LogP contribution in [-0.2, 0) is 0 Å². The van der Waals surface area contributed by atoms with Crippen LogP contribution in [0.3, 0.4) is 0 Å². The van der Waals surface area contributed by atoms with E-state index in [1.54, 1.807) is 6.07 Å². The lowest BCUT2D eigenvalue weighted by Crippen LogP contribution is -2.34. The van der Waals surface area contributed by atoms with Crippen molar-refractivity contribution in [2.45, 2.75) is 25.2 Å². The molecule has 3 aromatic rings. The average Bonchev–Trinajstić information content (AvgIpc) is 2.92. The largest absolute Gasteiger partial charge is 0.480 e. The molecule has 1 aliphatic heterocycles. The standard InChI is InChI=1S/C17H16N2O3/c1-9-18-12-8-7-11-14(20)15(21)16(10-5-3-2-4-6-10)22-17(11)13(12)19-9/h2-8,14-16,20-21H,1H3,(H,18,19)/t14-,15+,16-/m1/s1. The number of hydrogen-bond acceptors (Lipinski definition) is 4. The summed E-state index contributed by atoms with van der Waals surface area (Å²) in [6.45, 7) is 1.87. The molecule has 0 fully saturated rings. The first-order chi connectivity index (χ1) is 10.6. The maximum absolute atomic E-state index is 10.5. The van der Waals surface area contributed by atoms with Crippen LogP contribution in [0, 0.1) is 6.92 Å². The molecule has 5 nitrogen and oxygen atoms in total. The molecule has 22 heavy (non-hydrogen) atoms. The number of hydrogen-bond donors (Lipinski definition) is 3. The van der Waals surface area contributed by atoms with Crippen LogP contribution in [0.2, 0.25) is 0 Å². The summed E-state index contributed by atoms with van der Waals surface area (Å²) in [4.78, 5) is 7.59. The van der Waals surface area contributed by atoms with E-state index in [4.69, 9.17) is 4.74 Å². The van der Waals surface area contributed by atoms with Crippen LogP contribution in [-0.4, -0.2) is 26.3 Å². The van der Waals surface area contributed by atoms with Gasteiger partial charge < -0.3 is 19.9 Å². The Morgan fingerprint density at radius 1 is 1.09 bits per heavy atom. The van der Waals surface area contributed by atoms with E-state index in [1.165, 1.54) is 0 Å². The summed E-state index contributed by atoms with van der Waals surface area (Å²) in [7, 11) is 0. The molecule has 5 heteroatoms. The van der Waals surface area contributed by atoms with Gasteiger partial charge in [0.1, 0.15) is 23.5 Å². The van der Waals surface area contributed by atoms with E-state index in [9.17, 15) is 10.2 Å². The summed E-state index contributed by atoms with van der Waals surface area (Å²) in [5.41, 5.74) is 2.93. The molecule has 112 valence electrons. The Morgan fingerprint density at radius 3 is 2.64 bits per heavy atom. The monoisotopic (exact) mass is 296 g/mol. The van der Waals surface area contributed by atoms with Gasteiger partial charge in [0.2, 0.25) is 0 Å². The van der Waals surface area contributed by atoms with E-state index in [-0.39, 0.29) is 0 Å². The highest BCUT2D eigenvalue weighted by Crippen LogP contribution is 2.44. The number of H-pyrrole nitrogens is 1. The number of benzene rings is 2. The maximum Gasteiger partial charge on any atom is 0.154 e. The molecule has 0 amide bonds. The number of aromatic nitrogens is 2. The highest BCUT2D eigenvalue weighted by atomic mass is 16.5. The molecule has 3 atom stereocenters. The molecular formula is C17H16N2O3. The number of aromatic amines is 1. The Labute approximate surface area is 127 Å². The van der Waals surface area contributed by atoms with Gasteiger partial charge in [-0.2, -0.15) is 0 Å². The molecule has 0 saturated carbocycles. The normalized spacial score (nSPS) is 24.0. The summed E-state index contributed by atoms with van der Waals surface area (Å²) in [6.07, 6.45) is -2.64. The number of ether oxygens (including phenoxy) is 1.